The first-order valence-electron chi connectivity index (χ1n) is 7.56. The maximum atomic E-state index is 11.5. The van der Waals surface area contributed by atoms with Crippen LogP contribution < -0.4 is 0 Å². The topological polar surface area (TPSA) is 26.3 Å². The number of carbonyl (C=O) groups excluding carboxylic acids is 1. The van der Waals surface area contributed by atoms with Gasteiger partial charge in [0.25, 0.3) is 0 Å². The molecule has 0 N–H and O–H groups in total. The van der Waals surface area contributed by atoms with Crippen LogP contribution in [0.5, 0.6) is 0 Å². The van der Waals surface area contributed by atoms with Gasteiger partial charge < -0.3 is 4.74 Å². The Morgan fingerprint density at radius 2 is 1.58 bits per heavy atom. The molecule has 0 aliphatic heterocycles. The van der Waals surface area contributed by atoms with E-state index in [1.54, 1.807) is 0 Å². The van der Waals surface area contributed by atoms with Crippen molar-refractivity contribution in [1.82, 2.24) is 0 Å². The van der Waals surface area contributed by atoms with E-state index in [-0.39, 0.29) is 12.1 Å². The molecule has 4 heteroatoms. The van der Waals surface area contributed by atoms with Gasteiger partial charge in [-0.3, -0.25) is 4.79 Å². The Kier molecular flexibility index (Phi) is 14.5. The molecular weight excluding hydrogens is 283 g/mol. The molecule has 0 amide bonds. The molecule has 0 aromatic heterocycles. The van der Waals surface area contributed by atoms with Crippen molar-refractivity contribution >= 4 is 29.2 Å². The number of alkyl halides is 2. The van der Waals surface area contributed by atoms with E-state index in [9.17, 15) is 4.79 Å². The lowest BCUT2D eigenvalue weighted by atomic mass is 10.1. The lowest BCUT2D eigenvalue weighted by Crippen LogP contribution is -2.20. The van der Waals surface area contributed by atoms with E-state index >= 15 is 0 Å². The largest absolute Gasteiger partial charge is 0.461 e. The third-order valence-electron chi connectivity index (χ3n) is 3.14. The first-order valence-corrected chi connectivity index (χ1v) is 8.62. The van der Waals surface area contributed by atoms with Gasteiger partial charge in [-0.05, 0) is 12.8 Å². The maximum absolute atomic E-state index is 11.5. The summed E-state index contributed by atoms with van der Waals surface area (Å²) in [5.74, 6) is 0.667. The highest BCUT2D eigenvalue weighted by molar-refractivity contribution is 6.19. The smallest absolute Gasteiger partial charge is 0.306 e. The SMILES string of the molecule is CCCCCCCCCCC(=O)OC(CCl)CCCl. The van der Waals surface area contributed by atoms with Crippen molar-refractivity contribution in [3.8, 4) is 0 Å². The predicted octanol–water partition coefficient (Wildman–Crippen LogP) is 5.30. The summed E-state index contributed by atoms with van der Waals surface area (Å²) in [6.07, 6.45) is 10.7. The summed E-state index contributed by atoms with van der Waals surface area (Å²) >= 11 is 11.3. The Morgan fingerprint density at radius 3 is 2.11 bits per heavy atom. The van der Waals surface area contributed by atoms with E-state index in [0.29, 0.717) is 24.6 Å². The first-order chi connectivity index (χ1) is 9.24. The Labute approximate surface area is 128 Å². The number of hydrogen-bond donors (Lipinski definition) is 0. The fourth-order valence-electron chi connectivity index (χ4n) is 1.94. The van der Waals surface area contributed by atoms with Gasteiger partial charge in [-0.2, -0.15) is 0 Å². The van der Waals surface area contributed by atoms with E-state index in [1.807, 2.05) is 0 Å². The molecule has 0 aliphatic rings. The average molecular weight is 311 g/mol. The van der Waals surface area contributed by atoms with Gasteiger partial charge in [-0.1, -0.05) is 51.9 Å². The van der Waals surface area contributed by atoms with Gasteiger partial charge in [0.15, 0.2) is 0 Å². The molecule has 114 valence electrons. The Hall–Kier alpha value is 0.0500. The number of halogens is 2. The highest BCUT2D eigenvalue weighted by Gasteiger charge is 2.12. The summed E-state index contributed by atoms with van der Waals surface area (Å²) in [6, 6.07) is 0. The molecule has 0 heterocycles. The maximum Gasteiger partial charge on any atom is 0.306 e. The highest BCUT2D eigenvalue weighted by Crippen LogP contribution is 2.11. The summed E-state index contributed by atoms with van der Waals surface area (Å²) in [6.45, 7) is 2.23. The van der Waals surface area contributed by atoms with Crippen LogP contribution in [0.4, 0.5) is 0 Å². The van der Waals surface area contributed by atoms with Crippen LogP contribution in [0.15, 0.2) is 0 Å². The van der Waals surface area contributed by atoms with Crippen LogP contribution in [0.25, 0.3) is 0 Å². The molecule has 0 aliphatic carbocycles. The molecule has 0 aromatic carbocycles. The van der Waals surface area contributed by atoms with E-state index in [4.69, 9.17) is 27.9 Å². The molecule has 2 nitrogen and oxygen atoms in total. The van der Waals surface area contributed by atoms with Crippen LogP contribution in [-0.2, 0) is 9.53 Å². The van der Waals surface area contributed by atoms with Gasteiger partial charge in [-0.25, -0.2) is 0 Å². The average Bonchev–Trinajstić information content (AvgIpc) is 2.41. The summed E-state index contributed by atoms with van der Waals surface area (Å²) in [5, 5.41) is 0. The van der Waals surface area contributed by atoms with Gasteiger partial charge in [0.1, 0.15) is 6.10 Å². The Bertz CT molecular complexity index is 210. The highest BCUT2D eigenvalue weighted by atomic mass is 35.5. The minimum Gasteiger partial charge on any atom is -0.461 e. The molecule has 0 bridgehead atoms. The number of carbonyl (C=O) groups is 1. The molecule has 0 radical (unpaired) electrons. The van der Waals surface area contributed by atoms with Crippen molar-refractivity contribution in [3.63, 3.8) is 0 Å². The minimum absolute atomic E-state index is 0.137. The van der Waals surface area contributed by atoms with Crippen LogP contribution >= 0.6 is 23.2 Å². The van der Waals surface area contributed by atoms with Gasteiger partial charge in [0.05, 0.1) is 5.88 Å². The lowest BCUT2D eigenvalue weighted by molar-refractivity contribution is -0.148. The van der Waals surface area contributed by atoms with E-state index < -0.39 is 0 Å². The third-order valence-corrected chi connectivity index (χ3v) is 3.70. The number of rotatable bonds is 13. The molecule has 0 saturated carbocycles. The van der Waals surface area contributed by atoms with Crippen molar-refractivity contribution in [2.45, 2.75) is 77.2 Å². The van der Waals surface area contributed by atoms with Crippen molar-refractivity contribution < 1.29 is 9.53 Å². The molecular formula is C15H28Cl2O2. The molecule has 0 spiro atoms. The predicted molar refractivity (Wildman–Crippen MR) is 83.2 cm³/mol. The van der Waals surface area contributed by atoms with Crippen molar-refractivity contribution in [2.24, 2.45) is 0 Å². The van der Waals surface area contributed by atoms with Crippen LogP contribution in [0.1, 0.15) is 71.1 Å². The fraction of sp³-hybridized carbons (Fsp3) is 0.933. The van der Waals surface area contributed by atoms with Gasteiger partial charge >= 0.3 is 5.97 Å². The monoisotopic (exact) mass is 310 g/mol. The van der Waals surface area contributed by atoms with Crippen LogP contribution in [0.2, 0.25) is 0 Å². The summed E-state index contributed by atoms with van der Waals surface area (Å²) < 4.78 is 5.24. The Morgan fingerprint density at radius 1 is 1.00 bits per heavy atom. The standard InChI is InChI=1S/C15H28Cl2O2/c1-2-3-4-5-6-7-8-9-10-15(18)19-14(13-17)11-12-16/h14H,2-13H2,1H3. The van der Waals surface area contributed by atoms with Crippen LogP contribution in [0, 0.1) is 0 Å². The quantitative estimate of drug-likeness (QED) is 0.262. The zero-order valence-corrected chi connectivity index (χ0v) is 13.6. The number of unbranched alkanes of at least 4 members (excludes halogenated alkanes) is 7. The van der Waals surface area contributed by atoms with Crippen LogP contribution in [-0.4, -0.2) is 23.8 Å². The van der Waals surface area contributed by atoms with Gasteiger partial charge in [0.2, 0.25) is 0 Å². The number of esters is 1. The fourth-order valence-corrected chi connectivity index (χ4v) is 2.40. The molecule has 1 unspecified atom stereocenters. The molecule has 19 heavy (non-hydrogen) atoms. The first kappa shape index (κ1) is 19.1. The second kappa shape index (κ2) is 14.5. The zero-order valence-electron chi connectivity index (χ0n) is 12.1. The number of hydrogen-bond acceptors (Lipinski definition) is 2. The lowest BCUT2D eigenvalue weighted by Gasteiger charge is -2.13. The summed E-state index contributed by atoms with van der Waals surface area (Å²) in [4.78, 5) is 11.5. The molecule has 1 atom stereocenters. The van der Waals surface area contributed by atoms with Crippen LogP contribution in [0.3, 0.4) is 0 Å². The second-order valence-corrected chi connectivity index (χ2v) is 5.66. The second-order valence-electron chi connectivity index (χ2n) is 4.97. The summed E-state index contributed by atoms with van der Waals surface area (Å²) in [5.41, 5.74) is 0. The molecule has 0 fully saturated rings. The zero-order chi connectivity index (χ0) is 14.3. The normalized spacial score (nSPS) is 12.4. The van der Waals surface area contributed by atoms with Crippen molar-refractivity contribution in [2.75, 3.05) is 11.8 Å². The van der Waals surface area contributed by atoms with Gasteiger partial charge in [0, 0.05) is 12.3 Å². The van der Waals surface area contributed by atoms with Gasteiger partial charge in [-0.15, -0.1) is 23.2 Å². The summed E-state index contributed by atoms with van der Waals surface area (Å²) in [7, 11) is 0. The van der Waals surface area contributed by atoms with E-state index in [1.165, 1.54) is 38.5 Å². The Balaban J connectivity index is 3.37. The van der Waals surface area contributed by atoms with E-state index in [2.05, 4.69) is 6.92 Å². The number of ether oxygens (including phenoxy) is 1. The molecule has 0 rings (SSSR count). The minimum atomic E-state index is -0.222. The molecule has 0 aromatic rings. The van der Waals surface area contributed by atoms with E-state index in [0.717, 1.165) is 12.8 Å². The van der Waals surface area contributed by atoms with Crippen molar-refractivity contribution in [3.05, 3.63) is 0 Å². The third kappa shape index (κ3) is 12.8. The van der Waals surface area contributed by atoms with Crippen molar-refractivity contribution in [1.29, 1.82) is 0 Å². The molecule has 0 saturated heterocycles.